The minimum absolute atomic E-state index is 0. The Labute approximate surface area is 204 Å². The maximum absolute atomic E-state index is 11.8. The maximum Gasteiger partial charge on any atom is 0.226 e. The van der Waals surface area contributed by atoms with Gasteiger partial charge in [0.25, 0.3) is 0 Å². The molecule has 1 amide bonds. The first kappa shape index (κ1) is 27.6. The zero-order chi connectivity index (χ0) is 21.8. The highest BCUT2D eigenvalue weighted by atomic mass is 127. The molecule has 1 aromatic carbocycles. The van der Waals surface area contributed by atoms with Gasteiger partial charge in [0.2, 0.25) is 5.91 Å². The first-order valence-corrected chi connectivity index (χ1v) is 11.1. The number of rotatable bonds is 10. The molecule has 0 spiro atoms. The van der Waals surface area contributed by atoms with Gasteiger partial charge in [-0.15, -0.1) is 24.0 Å². The quantitative estimate of drug-likeness (QED) is 0.202. The fourth-order valence-corrected chi connectivity index (χ4v) is 3.26. The van der Waals surface area contributed by atoms with Gasteiger partial charge < -0.3 is 25.0 Å². The van der Waals surface area contributed by atoms with E-state index in [0.29, 0.717) is 12.6 Å². The number of halogens is 1. The molecular formula is C23H39IN4O3. The van der Waals surface area contributed by atoms with Crippen molar-refractivity contribution in [3.05, 3.63) is 29.8 Å². The first-order chi connectivity index (χ1) is 14.5. The van der Waals surface area contributed by atoms with E-state index in [1.165, 1.54) is 0 Å². The molecular weight excluding hydrogens is 507 g/mol. The van der Waals surface area contributed by atoms with Crippen molar-refractivity contribution >= 4 is 41.5 Å². The van der Waals surface area contributed by atoms with Crippen molar-refractivity contribution in [2.75, 3.05) is 45.3 Å². The van der Waals surface area contributed by atoms with Gasteiger partial charge in [0, 0.05) is 51.6 Å². The van der Waals surface area contributed by atoms with Crippen molar-refractivity contribution in [2.45, 2.75) is 52.7 Å². The number of guanidine groups is 1. The number of hydrogen-bond acceptors (Lipinski definition) is 4. The Morgan fingerprint density at radius 3 is 2.45 bits per heavy atom. The number of carbonyl (C=O) groups excluding carboxylic acids is 1. The molecule has 0 aromatic heterocycles. The number of piperidine rings is 1. The van der Waals surface area contributed by atoms with E-state index in [9.17, 15) is 4.79 Å². The predicted octanol–water partition coefficient (Wildman–Crippen LogP) is 3.88. The highest BCUT2D eigenvalue weighted by Gasteiger charge is 2.21. The summed E-state index contributed by atoms with van der Waals surface area (Å²) >= 11 is 0. The average molecular weight is 546 g/mol. The summed E-state index contributed by atoms with van der Waals surface area (Å²) in [5.74, 6) is 0.950. The number of nitrogens with zero attached hydrogens (tertiary/aromatic N) is 2. The Bertz CT molecular complexity index is 659. The molecule has 0 unspecified atom stereocenters. The van der Waals surface area contributed by atoms with E-state index in [4.69, 9.17) is 14.5 Å². The van der Waals surface area contributed by atoms with Gasteiger partial charge in [-0.05, 0) is 43.9 Å². The highest BCUT2D eigenvalue weighted by Crippen LogP contribution is 2.15. The summed E-state index contributed by atoms with van der Waals surface area (Å²) in [6, 6.07) is 7.90. The summed E-state index contributed by atoms with van der Waals surface area (Å²) in [5, 5.41) is 6.33. The third-order valence-electron chi connectivity index (χ3n) is 5.08. The number of carbonyl (C=O) groups is 1. The van der Waals surface area contributed by atoms with Crippen molar-refractivity contribution in [3.63, 3.8) is 0 Å². The van der Waals surface area contributed by atoms with Crippen LogP contribution >= 0.6 is 24.0 Å². The summed E-state index contributed by atoms with van der Waals surface area (Å²) in [4.78, 5) is 18.9. The fraction of sp³-hybridized carbons (Fsp3) is 0.652. The molecule has 1 fully saturated rings. The number of ether oxygens (including phenoxy) is 2. The van der Waals surface area contributed by atoms with Crippen molar-refractivity contribution < 1.29 is 14.3 Å². The SMILES string of the molecule is CCNC(=NCc1ccc(NC(=O)C(C)C)cc1)N1CCC(OCCCOC)CC1.I. The molecule has 8 heteroatoms. The molecule has 2 rings (SSSR count). The molecule has 2 N–H and O–H groups in total. The lowest BCUT2D eigenvalue weighted by Crippen LogP contribution is -2.47. The largest absolute Gasteiger partial charge is 0.385 e. The first-order valence-electron chi connectivity index (χ1n) is 11.1. The number of aliphatic imine (C=N–C) groups is 1. The lowest BCUT2D eigenvalue weighted by molar-refractivity contribution is -0.118. The van der Waals surface area contributed by atoms with Crippen LogP contribution in [0.5, 0.6) is 0 Å². The second-order valence-corrected chi connectivity index (χ2v) is 7.91. The van der Waals surface area contributed by atoms with E-state index in [2.05, 4.69) is 22.5 Å². The number of amides is 1. The highest BCUT2D eigenvalue weighted by molar-refractivity contribution is 14.0. The maximum atomic E-state index is 11.8. The third-order valence-corrected chi connectivity index (χ3v) is 5.08. The summed E-state index contributed by atoms with van der Waals surface area (Å²) in [6.07, 6.45) is 3.30. The van der Waals surface area contributed by atoms with Gasteiger partial charge in [0.15, 0.2) is 5.96 Å². The van der Waals surface area contributed by atoms with Crippen LogP contribution in [0.3, 0.4) is 0 Å². The molecule has 0 aliphatic carbocycles. The molecule has 0 bridgehead atoms. The van der Waals surface area contributed by atoms with E-state index in [0.717, 1.165) is 69.3 Å². The van der Waals surface area contributed by atoms with Gasteiger partial charge >= 0.3 is 0 Å². The summed E-state index contributed by atoms with van der Waals surface area (Å²) in [6.45, 7) is 10.7. The molecule has 0 saturated carbocycles. The third kappa shape index (κ3) is 10.2. The monoisotopic (exact) mass is 546 g/mol. The second kappa shape index (κ2) is 15.4. The molecule has 31 heavy (non-hydrogen) atoms. The smallest absolute Gasteiger partial charge is 0.226 e. The van der Waals surface area contributed by atoms with Crippen molar-refractivity contribution in [1.82, 2.24) is 10.2 Å². The molecule has 1 aliphatic heterocycles. The lowest BCUT2D eigenvalue weighted by Gasteiger charge is -2.34. The van der Waals surface area contributed by atoms with Gasteiger partial charge in [0.05, 0.1) is 12.6 Å². The minimum Gasteiger partial charge on any atom is -0.385 e. The Morgan fingerprint density at radius 1 is 1.19 bits per heavy atom. The van der Waals surface area contributed by atoms with E-state index >= 15 is 0 Å². The Kier molecular flexibility index (Phi) is 13.7. The fourth-order valence-electron chi connectivity index (χ4n) is 3.26. The predicted molar refractivity (Wildman–Crippen MR) is 137 cm³/mol. The van der Waals surface area contributed by atoms with E-state index in [1.54, 1.807) is 7.11 Å². The van der Waals surface area contributed by atoms with Crippen molar-refractivity contribution in [2.24, 2.45) is 10.9 Å². The van der Waals surface area contributed by atoms with Crippen LogP contribution in [0.15, 0.2) is 29.3 Å². The van der Waals surface area contributed by atoms with Crippen LogP contribution < -0.4 is 10.6 Å². The number of benzene rings is 1. The van der Waals surface area contributed by atoms with E-state index < -0.39 is 0 Å². The standard InChI is InChI=1S/C23H38N4O3.HI/c1-5-24-23(27-13-11-21(12-14-27)30-16-6-15-29-4)25-17-19-7-9-20(10-8-19)26-22(28)18(2)3;/h7-10,18,21H,5-6,11-17H2,1-4H3,(H,24,25)(H,26,28);1H. The summed E-state index contributed by atoms with van der Waals surface area (Å²) < 4.78 is 11.0. The van der Waals surface area contributed by atoms with Gasteiger partial charge in [-0.2, -0.15) is 0 Å². The number of likely N-dealkylation sites (tertiary alicyclic amines) is 1. The number of nitrogens with one attached hydrogen (secondary N) is 2. The molecule has 1 aliphatic rings. The van der Waals surface area contributed by atoms with Crippen LogP contribution in [0.4, 0.5) is 5.69 Å². The number of hydrogen-bond donors (Lipinski definition) is 2. The van der Waals surface area contributed by atoms with Gasteiger partial charge in [-0.1, -0.05) is 26.0 Å². The zero-order valence-electron chi connectivity index (χ0n) is 19.4. The van der Waals surface area contributed by atoms with E-state index in [1.807, 2.05) is 38.1 Å². The van der Waals surface area contributed by atoms with Crippen LogP contribution in [0.25, 0.3) is 0 Å². The molecule has 0 radical (unpaired) electrons. The Morgan fingerprint density at radius 2 is 1.87 bits per heavy atom. The van der Waals surface area contributed by atoms with Crippen molar-refractivity contribution in [3.8, 4) is 0 Å². The van der Waals surface area contributed by atoms with Crippen LogP contribution in [0, 0.1) is 5.92 Å². The van der Waals surface area contributed by atoms with Crippen molar-refractivity contribution in [1.29, 1.82) is 0 Å². The van der Waals surface area contributed by atoms with Crippen LogP contribution in [0.1, 0.15) is 45.6 Å². The molecule has 1 saturated heterocycles. The molecule has 7 nitrogen and oxygen atoms in total. The second-order valence-electron chi connectivity index (χ2n) is 7.91. The average Bonchev–Trinajstić information content (AvgIpc) is 2.75. The summed E-state index contributed by atoms with van der Waals surface area (Å²) in [7, 11) is 1.72. The molecule has 1 aromatic rings. The lowest BCUT2D eigenvalue weighted by atomic mass is 10.1. The Balaban J connectivity index is 0.00000480. The molecule has 176 valence electrons. The van der Waals surface area contributed by atoms with Gasteiger partial charge in [0.1, 0.15) is 0 Å². The van der Waals surface area contributed by atoms with Crippen LogP contribution in [0.2, 0.25) is 0 Å². The van der Waals surface area contributed by atoms with E-state index in [-0.39, 0.29) is 35.8 Å². The Hall–Kier alpha value is -1.39. The minimum atomic E-state index is -0.0307. The molecule has 0 atom stereocenters. The van der Waals surface area contributed by atoms with Crippen LogP contribution in [-0.4, -0.2) is 62.8 Å². The van der Waals surface area contributed by atoms with Crippen LogP contribution in [-0.2, 0) is 20.8 Å². The number of anilines is 1. The van der Waals surface area contributed by atoms with Gasteiger partial charge in [-0.3, -0.25) is 4.79 Å². The number of methoxy groups -OCH3 is 1. The topological polar surface area (TPSA) is 75.2 Å². The zero-order valence-corrected chi connectivity index (χ0v) is 21.7. The normalized spacial score (nSPS) is 15.0. The summed E-state index contributed by atoms with van der Waals surface area (Å²) in [5.41, 5.74) is 1.94. The molecule has 1 heterocycles. The van der Waals surface area contributed by atoms with Gasteiger partial charge in [-0.25, -0.2) is 4.99 Å².